The molecular formula is C23H21ClN2O2S. The first-order valence-corrected chi connectivity index (χ1v) is 10.3. The number of thiophene rings is 1. The van der Waals surface area contributed by atoms with Crippen LogP contribution in [-0.2, 0) is 9.59 Å². The Labute approximate surface area is 179 Å². The maximum atomic E-state index is 12.8. The molecule has 0 saturated heterocycles. The Morgan fingerprint density at radius 1 is 1.00 bits per heavy atom. The summed E-state index contributed by atoms with van der Waals surface area (Å²) in [6.07, 6.45) is 0.388. The summed E-state index contributed by atoms with van der Waals surface area (Å²) < 4.78 is 0. The lowest BCUT2D eigenvalue weighted by Gasteiger charge is -2.13. The van der Waals surface area contributed by atoms with E-state index in [0.29, 0.717) is 28.4 Å². The Morgan fingerprint density at radius 2 is 1.69 bits per heavy atom. The van der Waals surface area contributed by atoms with Gasteiger partial charge in [0.25, 0.3) is 5.91 Å². The van der Waals surface area contributed by atoms with Crippen molar-refractivity contribution in [2.45, 2.75) is 20.3 Å². The SMILES string of the molecule is C=C(C(=O)Nc1cccc(NC(=O)CC)c1C)c1ccc(-c2ccccc2Cl)s1. The number of nitrogens with one attached hydrogen (secondary N) is 2. The van der Waals surface area contributed by atoms with Crippen molar-refractivity contribution in [3.05, 3.63) is 76.6 Å². The lowest BCUT2D eigenvalue weighted by Crippen LogP contribution is -2.15. The van der Waals surface area contributed by atoms with Gasteiger partial charge in [0.1, 0.15) is 0 Å². The third-order valence-electron chi connectivity index (χ3n) is 4.49. The standard InChI is InChI=1S/C23H21ClN2O2S/c1-4-22(27)25-18-10-7-11-19(14(18)2)26-23(28)15(3)20-12-13-21(29-20)16-8-5-6-9-17(16)24/h5-13H,3-4H2,1-2H3,(H,25,27)(H,26,28). The summed E-state index contributed by atoms with van der Waals surface area (Å²) in [5.41, 5.74) is 3.40. The van der Waals surface area contributed by atoms with Crippen molar-refractivity contribution in [3.8, 4) is 10.4 Å². The van der Waals surface area contributed by atoms with E-state index in [-0.39, 0.29) is 11.8 Å². The van der Waals surface area contributed by atoms with Crippen LogP contribution in [0.3, 0.4) is 0 Å². The summed E-state index contributed by atoms with van der Waals surface area (Å²) in [6, 6.07) is 16.8. The summed E-state index contributed by atoms with van der Waals surface area (Å²) in [7, 11) is 0. The molecule has 1 aromatic heterocycles. The van der Waals surface area contributed by atoms with Gasteiger partial charge in [0, 0.05) is 43.7 Å². The second-order valence-corrected chi connectivity index (χ2v) is 7.95. The molecule has 0 bridgehead atoms. The highest BCUT2D eigenvalue weighted by Gasteiger charge is 2.16. The molecule has 0 saturated carbocycles. The summed E-state index contributed by atoms with van der Waals surface area (Å²) in [4.78, 5) is 26.2. The van der Waals surface area contributed by atoms with E-state index in [0.717, 1.165) is 20.9 Å². The van der Waals surface area contributed by atoms with Crippen LogP contribution < -0.4 is 10.6 Å². The first-order valence-electron chi connectivity index (χ1n) is 9.15. The molecule has 0 aliphatic heterocycles. The highest BCUT2D eigenvalue weighted by atomic mass is 35.5. The van der Waals surface area contributed by atoms with Gasteiger partial charge >= 0.3 is 0 Å². The fourth-order valence-corrected chi connectivity index (χ4v) is 4.07. The summed E-state index contributed by atoms with van der Waals surface area (Å²) in [5, 5.41) is 6.39. The van der Waals surface area contributed by atoms with Gasteiger partial charge in [0.15, 0.2) is 0 Å². The van der Waals surface area contributed by atoms with Crippen LogP contribution in [0.15, 0.2) is 61.2 Å². The van der Waals surface area contributed by atoms with Crippen molar-refractivity contribution < 1.29 is 9.59 Å². The molecule has 1 heterocycles. The Morgan fingerprint density at radius 3 is 2.38 bits per heavy atom. The summed E-state index contributed by atoms with van der Waals surface area (Å²) in [5.74, 6) is -0.369. The molecule has 2 aromatic carbocycles. The minimum atomic E-state index is -0.292. The van der Waals surface area contributed by atoms with Crippen molar-refractivity contribution in [2.75, 3.05) is 10.6 Å². The molecule has 29 heavy (non-hydrogen) atoms. The van der Waals surface area contributed by atoms with Crippen LogP contribution >= 0.6 is 22.9 Å². The van der Waals surface area contributed by atoms with Crippen LogP contribution in [0.25, 0.3) is 16.0 Å². The fraction of sp³-hybridized carbons (Fsp3) is 0.130. The largest absolute Gasteiger partial charge is 0.326 e. The zero-order valence-corrected chi connectivity index (χ0v) is 17.8. The predicted molar refractivity (Wildman–Crippen MR) is 123 cm³/mol. The molecule has 4 nitrogen and oxygen atoms in total. The van der Waals surface area contributed by atoms with Crippen molar-refractivity contribution in [1.29, 1.82) is 0 Å². The first kappa shape index (κ1) is 20.8. The molecule has 0 unspecified atom stereocenters. The predicted octanol–water partition coefficient (Wildman–Crippen LogP) is 6.38. The lowest BCUT2D eigenvalue weighted by atomic mass is 10.1. The number of anilines is 2. The Kier molecular flexibility index (Phi) is 6.52. The van der Waals surface area contributed by atoms with Gasteiger partial charge in [-0.25, -0.2) is 0 Å². The van der Waals surface area contributed by atoms with E-state index in [4.69, 9.17) is 11.6 Å². The van der Waals surface area contributed by atoms with Gasteiger partial charge in [-0.2, -0.15) is 0 Å². The van der Waals surface area contributed by atoms with E-state index in [1.165, 1.54) is 11.3 Å². The van der Waals surface area contributed by atoms with E-state index in [1.807, 2.05) is 49.4 Å². The molecule has 3 aromatic rings. The zero-order valence-electron chi connectivity index (χ0n) is 16.2. The number of carbonyl (C=O) groups is 2. The number of hydrogen-bond acceptors (Lipinski definition) is 3. The molecular weight excluding hydrogens is 404 g/mol. The van der Waals surface area contributed by atoms with Crippen molar-refractivity contribution >= 4 is 51.7 Å². The van der Waals surface area contributed by atoms with Crippen LogP contribution in [0, 0.1) is 6.92 Å². The Hall–Kier alpha value is -2.89. The molecule has 2 amide bonds. The number of rotatable bonds is 6. The molecule has 0 radical (unpaired) electrons. The van der Waals surface area contributed by atoms with E-state index >= 15 is 0 Å². The highest BCUT2D eigenvalue weighted by Crippen LogP contribution is 2.35. The maximum absolute atomic E-state index is 12.8. The molecule has 0 spiro atoms. The zero-order chi connectivity index (χ0) is 21.0. The molecule has 0 aliphatic rings. The number of carbonyl (C=O) groups excluding carboxylic acids is 2. The molecule has 3 rings (SSSR count). The Bertz CT molecular complexity index is 1090. The van der Waals surface area contributed by atoms with E-state index in [1.54, 1.807) is 19.1 Å². The van der Waals surface area contributed by atoms with E-state index in [2.05, 4.69) is 17.2 Å². The first-order chi connectivity index (χ1) is 13.9. The van der Waals surface area contributed by atoms with Gasteiger partial charge in [-0.05, 0) is 42.8 Å². The van der Waals surface area contributed by atoms with Crippen molar-refractivity contribution in [3.63, 3.8) is 0 Å². The van der Waals surface area contributed by atoms with E-state index in [9.17, 15) is 9.59 Å². The minimum Gasteiger partial charge on any atom is -0.326 e. The van der Waals surface area contributed by atoms with Gasteiger partial charge in [-0.3, -0.25) is 9.59 Å². The minimum absolute atomic E-state index is 0.0772. The molecule has 148 valence electrons. The maximum Gasteiger partial charge on any atom is 0.256 e. The molecule has 2 N–H and O–H groups in total. The third-order valence-corrected chi connectivity index (χ3v) is 6.00. The number of amides is 2. The van der Waals surface area contributed by atoms with Gasteiger partial charge in [-0.15, -0.1) is 11.3 Å². The average molecular weight is 425 g/mol. The average Bonchev–Trinajstić information content (AvgIpc) is 3.20. The number of halogens is 1. The second kappa shape index (κ2) is 9.07. The Balaban J connectivity index is 1.77. The van der Waals surface area contributed by atoms with Gasteiger partial charge in [0.2, 0.25) is 5.91 Å². The van der Waals surface area contributed by atoms with E-state index < -0.39 is 0 Å². The van der Waals surface area contributed by atoms with Crippen LogP contribution in [0.4, 0.5) is 11.4 Å². The van der Waals surface area contributed by atoms with Crippen molar-refractivity contribution in [2.24, 2.45) is 0 Å². The quantitative estimate of drug-likeness (QED) is 0.451. The summed E-state index contributed by atoms with van der Waals surface area (Å²) in [6.45, 7) is 7.60. The smallest absolute Gasteiger partial charge is 0.256 e. The number of benzene rings is 2. The molecule has 0 fully saturated rings. The van der Waals surface area contributed by atoms with Gasteiger partial charge in [-0.1, -0.05) is 49.4 Å². The molecule has 0 aliphatic carbocycles. The lowest BCUT2D eigenvalue weighted by molar-refractivity contribution is -0.116. The molecule has 0 atom stereocenters. The van der Waals surface area contributed by atoms with Gasteiger partial charge < -0.3 is 10.6 Å². The highest BCUT2D eigenvalue weighted by molar-refractivity contribution is 7.17. The summed E-state index contributed by atoms with van der Waals surface area (Å²) >= 11 is 7.74. The normalized spacial score (nSPS) is 10.4. The third kappa shape index (κ3) is 4.75. The van der Waals surface area contributed by atoms with Crippen molar-refractivity contribution in [1.82, 2.24) is 0 Å². The van der Waals surface area contributed by atoms with Gasteiger partial charge in [0.05, 0.1) is 0 Å². The number of hydrogen-bond donors (Lipinski definition) is 2. The van der Waals surface area contributed by atoms with Crippen LogP contribution in [0.5, 0.6) is 0 Å². The molecule has 6 heteroatoms. The van der Waals surface area contributed by atoms with Crippen LogP contribution in [0.2, 0.25) is 5.02 Å². The van der Waals surface area contributed by atoms with Crippen LogP contribution in [0.1, 0.15) is 23.8 Å². The topological polar surface area (TPSA) is 58.2 Å². The fourth-order valence-electron chi connectivity index (χ4n) is 2.76. The monoisotopic (exact) mass is 424 g/mol. The van der Waals surface area contributed by atoms with Crippen LogP contribution in [-0.4, -0.2) is 11.8 Å². The second-order valence-electron chi connectivity index (χ2n) is 6.46.